The van der Waals surface area contributed by atoms with Crippen LogP contribution in [0.4, 0.5) is 0 Å². The van der Waals surface area contributed by atoms with Gasteiger partial charge in [0.05, 0.1) is 11.1 Å². The lowest BCUT2D eigenvalue weighted by Crippen LogP contribution is -2.52. The molecule has 4 rings (SSSR count). The van der Waals surface area contributed by atoms with Crippen molar-refractivity contribution in [3.63, 3.8) is 0 Å². The number of hydrogen-bond acceptors (Lipinski definition) is 0. The van der Waals surface area contributed by atoms with Gasteiger partial charge in [0.25, 0.3) is 0 Å². The molecule has 0 amide bonds. The van der Waals surface area contributed by atoms with Crippen molar-refractivity contribution in [2.75, 3.05) is 0 Å². The Hall–Kier alpha value is -2.74. The van der Waals surface area contributed by atoms with Gasteiger partial charge in [-0.1, -0.05) is 24.8 Å². The quantitative estimate of drug-likeness (QED) is 0.474. The van der Waals surface area contributed by atoms with E-state index in [-0.39, 0.29) is 0 Å². The molecule has 112 valence electrons. The number of benzene rings is 1. The summed E-state index contributed by atoms with van der Waals surface area (Å²) in [4.78, 5) is 0. The Morgan fingerprint density at radius 3 is 2.22 bits per heavy atom. The standard InChI is InChI=1S/C21H20N2/c1-4-17-6-5-7-18-19-10-8-15(2)12-22(19)14-23-13-16(3)9-11-20(23)21(17)18/h4-13H,1,14H2,2-3H3/q+2. The molecule has 0 aliphatic carbocycles. The van der Waals surface area contributed by atoms with Gasteiger partial charge in [-0.15, -0.1) is 9.13 Å². The molecule has 0 radical (unpaired) electrons. The number of hydrogen-bond donors (Lipinski definition) is 0. The first-order valence-corrected chi connectivity index (χ1v) is 7.94. The van der Waals surface area contributed by atoms with Crippen molar-refractivity contribution in [1.82, 2.24) is 0 Å². The fourth-order valence-electron chi connectivity index (χ4n) is 3.44. The highest BCUT2D eigenvalue weighted by Crippen LogP contribution is 2.34. The van der Waals surface area contributed by atoms with E-state index in [9.17, 15) is 0 Å². The van der Waals surface area contributed by atoms with Gasteiger partial charge in [-0.2, -0.15) is 0 Å². The first kappa shape index (κ1) is 13.9. The summed E-state index contributed by atoms with van der Waals surface area (Å²) >= 11 is 0. The summed E-state index contributed by atoms with van der Waals surface area (Å²) in [5.41, 5.74) is 8.72. The molecule has 1 aliphatic heterocycles. The maximum Gasteiger partial charge on any atom is 0.344 e. The second-order valence-electron chi connectivity index (χ2n) is 6.24. The molecule has 2 heteroatoms. The van der Waals surface area contributed by atoms with Crippen molar-refractivity contribution in [3.8, 4) is 22.5 Å². The average Bonchev–Trinajstić information content (AvgIpc) is 2.67. The van der Waals surface area contributed by atoms with Crippen molar-refractivity contribution in [2.45, 2.75) is 20.5 Å². The summed E-state index contributed by atoms with van der Waals surface area (Å²) in [6.07, 6.45) is 6.40. The SMILES string of the molecule is C=Cc1cccc2c1-c1ccc(C)c[n+]1C[n+]1cc(C)ccc1-2. The van der Waals surface area contributed by atoms with Gasteiger partial charge in [0.2, 0.25) is 11.4 Å². The van der Waals surface area contributed by atoms with Crippen LogP contribution >= 0.6 is 0 Å². The predicted molar refractivity (Wildman–Crippen MR) is 92.7 cm³/mol. The van der Waals surface area contributed by atoms with Crippen LogP contribution in [0, 0.1) is 13.8 Å². The molecule has 3 aromatic rings. The minimum absolute atomic E-state index is 0.819. The van der Waals surface area contributed by atoms with Gasteiger partial charge < -0.3 is 0 Å². The van der Waals surface area contributed by atoms with Crippen LogP contribution in [0.3, 0.4) is 0 Å². The van der Waals surface area contributed by atoms with Crippen molar-refractivity contribution in [1.29, 1.82) is 0 Å². The molecule has 0 saturated heterocycles. The average molecular weight is 300 g/mol. The molecule has 3 heterocycles. The van der Waals surface area contributed by atoms with E-state index in [1.165, 1.54) is 39.2 Å². The Morgan fingerprint density at radius 1 is 0.870 bits per heavy atom. The van der Waals surface area contributed by atoms with Gasteiger partial charge in [0.1, 0.15) is 0 Å². The van der Waals surface area contributed by atoms with Gasteiger partial charge >= 0.3 is 6.67 Å². The monoisotopic (exact) mass is 300 g/mol. The van der Waals surface area contributed by atoms with E-state index in [1.54, 1.807) is 0 Å². The Morgan fingerprint density at radius 2 is 1.52 bits per heavy atom. The summed E-state index contributed by atoms with van der Waals surface area (Å²) < 4.78 is 4.66. The lowest BCUT2D eigenvalue weighted by atomic mass is 9.95. The molecular formula is C21H20N2+2. The minimum atomic E-state index is 0.819. The van der Waals surface area contributed by atoms with Crippen LogP contribution < -0.4 is 9.13 Å². The van der Waals surface area contributed by atoms with E-state index in [0.29, 0.717) is 0 Å². The molecule has 0 atom stereocenters. The third kappa shape index (κ3) is 2.18. The zero-order valence-corrected chi connectivity index (χ0v) is 13.6. The van der Waals surface area contributed by atoms with Crippen LogP contribution in [0.15, 0.2) is 61.4 Å². The van der Waals surface area contributed by atoms with Crippen molar-refractivity contribution < 1.29 is 9.13 Å². The zero-order chi connectivity index (χ0) is 16.0. The number of aryl methyl sites for hydroxylation is 2. The summed E-state index contributed by atoms with van der Waals surface area (Å²) in [6, 6.07) is 15.3. The minimum Gasteiger partial charge on any atom is -0.139 e. The van der Waals surface area contributed by atoms with E-state index < -0.39 is 0 Å². The molecule has 2 aromatic heterocycles. The lowest BCUT2D eigenvalue weighted by molar-refractivity contribution is -0.902. The topological polar surface area (TPSA) is 7.76 Å². The Bertz CT molecular complexity index is 939. The number of rotatable bonds is 1. The van der Waals surface area contributed by atoms with Crippen molar-refractivity contribution in [3.05, 3.63) is 78.1 Å². The molecular weight excluding hydrogens is 280 g/mol. The van der Waals surface area contributed by atoms with Crippen LogP contribution in [-0.4, -0.2) is 0 Å². The molecule has 0 saturated carbocycles. The predicted octanol–water partition coefficient (Wildman–Crippen LogP) is 3.67. The van der Waals surface area contributed by atoms with Crippen molar-refractivity contribution in [2.24, 2.45) is 0 Å². The number of nitrogens with zero attached hydrogens (tertiary/aromatic N) is 2. The summed E-state index contributed by atoms with van der Waals surface area (Å²) in [6.45, 7) is 9.11. The summed E-state index contributed by atoms with van der Waals surface area (Å²) in [5, 5.41) is 0. The smallest absolute Gasteiger partial charge is 0.139 e. The van der Waals surface area contributed by atoms with E-state index in [1.807, 2.05) is 6.08 Å². The normalized spacial score (nSPS) is 11.9. The highest BCUT2D eigenvalue weighted by atomic mass is 15.2. The number of aromatic nitrogens is 2. The van der Waals surface area contributed by atoms with Crippen LogP contribution in [0.5, 0.6) is 0 Å². The van der Waals surface area contributed by atoms with Crippen LogP contribution in [0.2, 0.25) is 0 Å². The molecule has 0 bridgehead atoms. The fraction of sp³-hybridized carbons (Fsp3) is 0.143. The molecule has 1 aromatic carbocycles. The third-order valence-electron chi connectivity index (χ3n) is 4.50. The first-order chi connectivity index (χ1) is 11.2. The molecule has 23 heavy (non-hydrogen) atoms. The maximum absolute atomic E-state index is 4.01. The summed E-state index contributed by atoms with van der Waals surface area (Å²) in [5.74, 6) is 0. The highest BCUT2D eigenvalue weighted by molar-refractivity contribution is 5.85. The van der Waals surface area contributed by atoms with E-state index in [0.717, 1.165) is 6.67 Å². The van der Waals surface area contributed by atoms with Gasteiger partial charge in [-0.3, -0.25) is 0 Å². The van der Waals surface area contributed by atoms with E-state index in [2.05, 4.69) is 84.4 Å². The second kappa shape index (κ2) is 5.17. The third-order valence-corrected chi connectivity index (χ3v) is 4.50. The van der Waals surface area contributed by atoms with Crippen molar-refractivity contribution >= 4 is 6.08 Å². The highest BCUT2D eigenvalue weighted by Gasteiger charge is 2.30. The maximum atomic E-state index is 4.01. The van der Waals surface area contributed by atoms with E-state index >= 15 is 0 Å². The zero-order valence-electron chi connectivity index (χ0n) is 13.6. The molecule has 0 N–H and O–H groups in total. The van der Waals surface area contributed by atoms with Gasteiger partial charge in [-0.25, -0.2) is 0 Å². The van der Waals surface area contributed by atoms with Gasteiger partial charge in [0.15, 0.2) is 12.4 Å². The number of pyridine rings is 2. The van der Waals surface area contributed by atoms with Gasteiger partial charge in [0, 0.05) is 23.3 Å². The summed E-state index contributed by atoms with van der Waals surface area (Å²) in [7, 11) is 0. The Balaban J connectivity index is 2.15. The van der Waals surface area contributed by atoms with Gasteiger partial charge in [-0.05, 0) is 37.6 Å². The molecule has 0 fully saturated rings. The first-order valence-electron chi connectivity index (χ1n) is 7.94. The lowest BCUT2D eigenvalue weighted by Gasteiger charge is -2.06. The fourth-order valence-corrected chi connectivity index (χ4v) is 3.44. The molecule has 0 spiro atoms. The Kier molecular flexibility index (Phi) is 3.12. The largest absolute Gasteiger partial charge is 0.344 e. The van der Waals surface area contributed by atoms with Crippen LogP contribution in [-0.2, 0) is 6.67 Å². The molecule has 1 aliphatic rings. The second-order valence-corrected chi connectivity index (χ2v) is 6.24. The molecule has 2 nitrogen and oxygen atoms in total. The van der Waals surface area contributed by atoms with E-state index in [4.69, 9.17) is 0 Å². The van der Waals surface area contributed by atoms with Crippen LogP contribution in [0.1, 0.15) is 16.7 Å². The molecule has 0 unspecified atom stereocenters. The number of fused-ring (bicyclic) bond motifs is 5. The van der Waals surface area contributed by atoms with Crippen LogP contribution in [0.25, 0.3) is 28.6 Å². The Labute approximate surface area is 137 Å².